The molecule has 9 heavy (non-hydrogen) atoms. The molecule has 0 aromatic heterocycles. The molecule has 4 nitrogen and oxygen atoms in total. The second-order valence-electron chi connectivity index (χ2n) is 1.25. The van der Waals surface area contributed by atoms with Crippen LogP contribution in [0.5, 0.6) is 0 Å². The SMILES string of the molecule is O=C1NC(=S)SC1=NO. The number of nitrogens with zero attached hydrogens (tertiary/aromatic N) is 1. The van der Waals surface area contributed by atoms with Crippen molar-refractivity contribution in [3.63, 3.8) is 0 Å². The quantitative estimate of drug-likeness (QED) is 0.297. The largest absolute Gasteiger partial charge is 0.410 e. The van der Waals surface area contributed by atoms with Gasteiger partial charge in [-0.2, -0.15) is 0 Å². The van der Waals surface area contributed by atoms with Gasteiger partial charge in [-0.1, -0.05) is 17.4 Å². The van der Waals surface area contributed by atoms with Crippen LogP contribution in [0.15, 0.2) is 5.16 Å². The van der Waals surface area contributed by atoms with E-state index in [-0.39, 0.29) is 5.04 Å². The van der Waals surface area contributed by atoms with E-state index in [1.807, 2.05) is 0 Å². The molecule has 0 aromatic rings. The third-order valence-electron chi connectivity index (χ3n) is 0.690. The van der Waals surface area contributed by atoms with E-state index in [0.717, 1.165) is 11.8 Å². The van der Waals surface area contributed by atoms with Crippen molar-refractivity contribution in [3.05, 3.63) is 0 Å². The molecule has 0 spiro atoms. The Kier molecular flexibility index (Phi) is 1.68. The first-order valence-corrected chi connectivity index (χ1v) is 3.21. The molecule has 1 aliphatic heterocycles. The lowest BCUT2D eigenvalue weighted by Gasteiger charge is -1.81. The van der Waals surface area contributed by atoms with Crippen molar-refractivity contribution in [2.75, 3.05) is 0 Å². The molecule has 0 aliphatic carbocycles. The first-order valence-electron chi connectivity index (χ1n) is 1.99. The molecule has 1 rings (SSSR count). The Morgan fingerprint density at radius 2 is 2.44 bits per heavy atom. The maximum atomic E-state index is 10.5. The molecule has 1 heterocycles. The maximum Gasteiger partial charge on any atom is 0.285 e. The summed E-state index contributed by atoms with van der Waals surface area (Å²) in [5.74, 6) is -0.437. The molecule has 0 atom stereocenters. The number of carbonyl (C=O) groups is 1. The summed E-state index contributed by atoms with van der Waals surface area (Å²) in [6.45, 7) is 0. The van der Waals surface area contributed by atoms with Crippen molar-refractivity contribution in [2.45, 2.75) is 0 Å². The standard InChI is InChI=1S/C3H2N2O2S2/c6-1-2(5-7)9-3(8)4-1/h7H,(H,4,6,8). The molecule has 1 fully saturated rings. The predicted molar refractivity (Wildman–Crippen MR) is 37.6 cm³/mol. The van der Waals surface area contributed by atoms with Gasteiger partial charge in [0.05, 0.1) is 0 Å². The van der Waals surface area contributed by atoms with Crippen LogP contribution in [0, 0.1) is 0 Å². The van der Waals surface area contributed by atoms with Crippen LogP contribution in [0.4, 0.5) is 0 Å². The number of amides is 1. The fraction of sp³-hybridized carbons (Fsp3) is 0. The maximum absolute atomic E-state index is 10.5. The number of hydrogen-bond acceptors (Lipinski definition) is 5. The monoisotopic (exact) mass is 162 g/mol. The molecular weight excluding hydrogens is 160 g/mol. The van der Waals surface area contributed by atoms with Crippen molar-refractivity contribution in [1.29, 1.82) is 0 Å². The zero-order valence-corrected chi connectivity index (χ0v) is 5.75. The van der Waals surface area contributed by atoms with Crippen LogP contribution < -0.4 is 5.32 Å². The zero-order chi connectivity index (χ0) is 6.85. The van der Waals surface area contributed by atoms with Gasteiger partial charge in [-0.25, -0.2) is 0 Å². The lowest BCUT2D eigenvalue weighted by Crippen LogP contribution is -2.20. The summed E-state index contributed by atoms with van der Waals surface area (Å²) < 4.78 is 0.327. The van der Waals surface area contributed by atoms with E-state index < -0.39 is 5.91 Å². The minimum atomic E-state index is -0.437. The average molecular weight is 162 g/mol. The van der Waals surface area contributed by atoms with Crippen LogP contribution in [-0.2, 0) is 4.79 Å². The van der Waals surface area contributed by atoms with E-state index in [1.165, 1.54) is 0 Å². The van der Waals surface area contributed by atoms with Gasteiger partial charge in [0.25, 0.3) is 5.91 Å². The highest BCUT2D eigenvalue weighted by atomic mass is 32.2. The number of thiocarbonyl (C=S) groups is 1. The molecule has 0 saturated carbocycles. The highest BCUT2D eigenvalue weighted by Crippen LogP contribution is 2.11. The van der Waals surface area contributed by atoms with E-state index in [4.69, 9.17) is 5.21 Å². The summed E-state index contributed by atoms with van der Waals surface area (Å²) in [6.07, 6.45) is 0. The van der Waals surface area contributed by atoms with Gasteiger partial charge in [-0.3, -0.25) is 4.79 Å². The van der Waals surface area contributed by atoms with Crippen LogP contribution >= 0.6 is 24.0 Å². The first kappa shape index (κ1) is 6.50. The summed E-state index contributed by atoms with van der Waals surface area (Å²) in [6, 6.07) is 0. The van der Waals surface area contributed by atoms with Gasteiger partial charge in [0.1, 0.15) is 4.32 Å². The number of nitrogens with one attached hydrogen (secondary N) is 1. The van der Waals surface area contributed by atoms with Crippen molar-refractivity contribution in [1.82, 2.24) is 5.32 Å². The molecule has 1 aliphatic rings. The summed E-state index contributed by atoms with van der Waals surface area (Å²) in [5.41, 5.74) is 0. The van der Waals surface area contributed by atoms with Gasteiger partial charge >= 0.3 is 0 Å². The Morgan fingerprint density at radius 1 is 1.78 bits per heavy atom. The smallest absolute Gasteiger partial charge is 0.285 e. The van der Waals surface area contributed by atoms with E-state index in [0.29, 0.717) is 4.32 Å². The minimum Gasteiger partial charge on any atom is -0.410 e. The zero-order valence-electron chi connectivity index (χ0n) is 4.12. The third kappa shape index (κ3) is 1.19. The third-order valence-corrected chi connectivity index (χ3v) is 1.79. The topological polar surface area (TPSA) is 61.7 Å². The number of thioether (sulfide) groups is 1. The van der Waals surface area contributed by atoms with Crippen molar-refractivity contribution in [2.24, 2.45) is 5.16 Å². The molecular formula is C3H2N2O2S2. The summed E-state index contributed by atoms with van der Waals surface area (Å²) in [5, 5.41) is 13.1. The molecule has 0 unspecified atom stereocenters. The normalized spacial score (nSPS) is 22.9. The Balaban J connectivity index is 2.81. The lowest BCUT2D eigenvalue weighted by molar-refractivity contribution is -0.113. The average Bonchev–Trinajstić information content (AvgIpc) is 2.10. The Bertz CT molecular complexity index is 200. The number of oxime groups is 1. The van der Waals surface area contributed by atoms with Crippen LogP contribution in [0.25, 0.3) is 0 Å². The molecule has 1 amide bonds. The molecule has 2 N–H and O–H groups in total. The molecule has 6 heteroatoms. The second kappa shape index (κ2) is 2.32. The van der Waals surface area contributed by atoms with Gasteiger partial charge in [-0.05, 0) is 11.8 Å². The number of rotatable bonds is 0. The Hall–Kier alpha value is -0.620. The summed E-state index contributed by atoms with van der Waals surface area (Å²) in [7, 11) is 0. The van der Waals surface area contributed by atoms with Crippen molar-refractivity contribution >= 4 is 39.3 Å². The van der Waals surface area contributed by atoms with Crippen molar-refractivity contribution in [3.8, 4) is 0 Å². The van der Waals surface area contributed by atoms with Crippen LogP contribution in [-0.4, -0.2) is 20.5 Å². The highest BCUT2D eigenvalue weighted by Gasteiger charge is 2.24. The fourth-order valence-electron chi connectivity index (χ4n) is 0.372. The lowest BCUT2D eigenvalue weighted by atomic mass is 10.7. The minimum absolute atomic E-state index is 0.000000000000000222. The van der Waals surface area contributed by atoms with Gasteiger partial charge in [0, 0.05) is 0 Å². The fourth-order valence-corrected chi connectivity index (χ4v) is 1.21. The molecule has 0 bridgehead atoms. The summed E-state index contributed by atoms with van der Waals surface area (Å²) in [4.78, 5) is 10.5. The van der Waals surface area contributed by atoms with Crippen LogP contribution in [0.1, 0.15) is 0 Å². The highest BCUT2D eigenvalue weighted by molar-refractivity contribution is 8.35. The molecule has 48 valence electrons. The number of hydrogen-bond donors (Lipinski definition) is 2. The van der Waals surface area contributed by atoms with Crippen LogP contribution in [0.3, 0.4) is 0 Å². The second-order valence-corrected chi connectivity index (χ2v) is 2.91. The van der Waals surface area contributed by atoms with Gasteiger partial charge < -0.3 is 10.5 Å². The van der Waals surface area contributed by atoms with E-state index in [9.17, 15) is 4.79 Å². The summed E-state index contributed by atoms with van der Waals surface area (Å²) >= 11 is 5.52. The molecule has 0 radical (unpaired) electrons. The van der Waals surface area contributed by atoms with E-state index >= 15 is 0 Å². The van der Waals surface area contributed by atoms with Gasteiger partial charge in [0.2, 0.25) is 5.04 Å². The van der Waals surface area contributed by atoms with E-state index in [2.05, 4.69) is 22.7 Å². The Labute approximate surface area is 60.3 Å². The van der Waals surface area contributed by atoms with Crippen molar-refractivity contribution < 1.29 is 10.0 Å². The molecule has 1 saturated heterocycles. The van der Waals surface area contributed by atoms with Gasteiger partial charge in [0.15, 0.2) is 0 Å². The van der Waals surface area contributed by atoms with Gasteiger partial charge in [-0.15, -0.1) is 0 Å². The van der Waals surface area contributed by atoms with E-state index in [1.54, 1.807) is 0 Å². The molecule has 0 aromatic carbocycles. The number of carbonyl (C=O) groups excluding carboxylic acids is 1. The van der Waals surface area contributed by atoms with Crippen LogP contribution in [0.2, 0.25) is 0 Å². The predicted octanol–water partition coefficient (Wildman–Crippen LogP) is -0.0780. The Morgan fingerprint density at radius 3 is 2.67 bits per heavy atom. The first-order chi connectivity index (χ1) is 4.24.